The Morgan fingerprint density at radius 1 is 1.33 bits per heavy atom. The van der Waals surface area contributed by atoms with Crippen LogP contribution in [0.3, 0.4) is 0 Å². The van der Waals surface area contributed by atoms with E-state index in [9.17, 15) is 9.59 Å². The molecule has 27 heavy (non-hydrogen) atoms. The zero-order valence-electron chi connectivity index (χ0n) is 16.2. The zero-order chi connectivity index (χ0) is 19.0. The molecule has 6 heteroatoms. The molecule has 4 rings (SSSR count). The van der Waals surface area contributed by atoms with E-state index in [0.717, 1.165) is 56.4 Å². The highest BCUT2D eigenvalue weighted by Gasteiger charge is 2.49. The van der Waals surface area contributed by atoms with Crippen molar-refractivity contribution in [2.24, 2.45) is 0 Å². The molecule has 1 aromatic carbocycles. The number of rotatable bonds is 3. The third kappa shape index (κ3) is 3.20. The predicted octanol–water partition coefficient (Wildman–Crippen LogP) is 2.95. The number of hydrogen-bond donors (Lipinski definition) is 2. The van der Waals surface area contributed by atoms with Crippen molar-refractivity contribution in [1.29, 1.82) is 0 Å². The number of anilines is 1. The van der Waals surface area contributed by atoms with Crippen molar-refractivity contribution in [2.75, 3.05) is 25.0 Å². The number of nitrogens with one attached hydrogen (secondary N) is 2. The molecule has 2 aliphatic heterocycles. The number of para-hydroxylation sites is 1. The minimum atomic E-state index is -0.347. The summed E-state index contributed by atoms with van der Waals surface area (Å²) in [5.41, 5.74) is 3.02. The first-order valence-corrected chi connectivity index (χ1v) is 10.1. The maximum atomic E-state index is 12.8. The summed E-state index contributed by atoms with van der Waals surface area (Å²) < 4.78 is 4.99. The summed E-state index contributed by atoms with van der Waals surface area (Å²) in [4.78, 5) is 27.0. The van der Waals surface area contributed by atoms with Crippen molar-refractivity contribution < 1.29 is 14.3 Å². The van der Waals surface area contributed by atoms with E-state index in [-0.39, 0.29) is 23.5 Å². The number of likely N-dealkylation sites (tertiary alicyclic amines) is 1. The molecule has 1 atom stereocenters. The molecule has 0 bridgehead atoms. The third-order valence-electron chi connectivity index (χ3n) is 6.60. The van der Waals surface area contributed by atoms with Crippen LogP contribution in [0.15, 0.2) is 18.2 Å². The highest BCUT2D eigenvalue weighted by atomic mass is 16.5. The third-order valence-corrected chi connectivity index (χ3v) is 6.60. The second-order valence-electron chi connectivity index (χ2n) is 8.11. The minimum Gasteiger partial charge on any atom is -0.450 e. The van der Waals surface area contributed by atoms with Gasteiger partial charge in [0.05, 0.1) is 12.0 Å². The van der Waals surface area contributed by atoms with Crippen LogP contribution in [-0.4, -0.2) is 48.7 Å². The number of carbonyl (C=O) groups excluding carboxylic acids is 2. The maximum absolute atomic E-state index is 12.8. The molecule has 1 saturated heterocycles. The quantitative estimate of drug-likeness (QED) is 0.857. The number of hydrogen-bond acceptors (Lipinski definition) is 4. The SMILES string of the molecule is CCOC(=O)N[C@H]1CCN(C2CCC3(CC2)C(=O)Nc2c(C)cccc23)C1. The monoisotopic (exact) mass is 371 g/mol. The summed E-state index contributed by atoms with van der Waals surface area (Å²) in [5.74, 6) is 0.175. The van der Waals surface area contributed by atoms with E-state index in [4.69, 9.17) is 4.74 Å². The fourth-order valence-electron chi connectivity index (χ4n) is 5.12. The molecule has 1 aromatic rings. The van der Waals surface area contributed by atoms with Crippen LogP contribution in [0, 0.1) is 6.92 Å². The number of carbonyl (C=O) groups is 2. The lowest BCUT2D eigenvalue weighted by molar-refractivity contribution is -0.122. The number of fused-ring (bicyclic) bond motifs is 2. The van der Waals surface area contributed by atoms with Crippen LogP contribution in [-0.2, 0) is 14.9 Å². The lowest BCUT2D eigenvalue weighted by Crippen LogP contribution is -2.45. The molecule has 2 N–H and O–H groups in total. The highest BCUT2D eigenvalue weighted by molar-refractivity contribution is 6.07. The van der Waals surface area contributed by atoms with Gasteiger partial charge in [-0.3, -0.25) is 9.69 Å². The van der Waals surface area contributed by atoms with E-state index in [0.29, 0.717) is 12.6 Å². The second-order valence-corrected chi connectivity index (χ2v) is 8.11. The summed E-state index contributed by atoms with van der Waals surface area (Å²) in [7, 11) is 0. The number of aryl methyl sites for hydroxylation is 1. The Labute approximate surface area is 160 Å². The predicted molar refractivity (Wildman–Crippen MR) is 104 cm³/mol. The Bertz CT molecular complexity index is 740. The molecule has 2 fully saturated rings. The molecule has 3 aliphatic rings. The average molecular weight is 371 g/mol. The van der Waals surface area contributed by atoms with E-state index in [1.807, 2.05) is 6.92 Å². The van der Waals surface area contributed by atoms with Gasteiger partial charge in [0.1, 0.15) is 0 Å². The van der Waals surface area contributed by atoms with Crippen LogP contribution in [0.25, 0.3) is 0 Å². The lowest BCUT2D eigenvalue weighted by atomic mass is 9.68. The second kappa shape index (κ2) is 7.15. The summed E-state index contributed by atoms with van der Waals surface area (Å²) in [6, 6.07) is 6.90. The number of ether oxygens (including phenoxy) is 1. The molecular formula is C21H29N3O3. The topological polar surface area (TPSA) is 70.7 Å². The Morgan fingerprint density at radius 2 is 2.11 bits per heavy atom. The van der Waals surface area contributed by atoms with Gasteiger partial charge in [-0.15, -0.1) is 0 Å². The van der Waals surface area contributed by atoms with Crippen LogP contribution in [0.1, 0.15) is 50.2 Å². The van der Waals surface area contributed by atoms with Gasteiger partial charge in [0.2, 0.25) is 5.91 Å². The Morgan fingerprint density at radius 3 is 2.85 bits per heavy atom. The van der Waals surface area contributed by atoms with Crippen molar-refractivity contribution >= 4 is 17.7 Å². The summed E-state index contributed by atoms with van der Waals surface area (Å²) in [6.45, 7) is 6.15. The van der Waals surface area contributed by atoms with Crippen molar-refractivity contribution in [2.45, 2.75) is 63.5 Å². The van der Waals surface area contributed by atoms with Gasteiger partial charge in [0.15, 0.2) is 0 Å². The van der Waals surface area contributed by atoms with Crippen molar-refractivity contribution in [3.8, 4) is 0 Å². The Kier molecular flexibility index (Phi) is 4.84. The summed E-state index contributed by atoms with van der Waals surface area (Å²) >= 11 is 0. The van der Waals surface area contributed by atoms with E-state index in [1.54, 1.807) is 0 Å². The summed E-state index contributed by atoms with van der Waals surface area (Å²) in [6.07, 6.45) is 4.48. The average Bonchev–Trinajstić information content (AvgIpc) is 3.21. The molecule has 2 heterocycles. The van der Waals surface area contributed by atoms with Crippen LogP contribution in [0.2, 0.25) is 0 Å². The first kappa shape index (κ1) is 18.3. The highest BCUT2D eigenvalue weighted by Crippen LogP contribution is 2.49. The molecule has 0 aromatic heterocycles. The van der Waals surface area contributed by atoms with E-state index in [2.05, 4.69) is 40.7 Å². The van der Waals surface area contributed by atoms with Crippen LogP contribution in [0.5, 0.6) is 0 Å². The maximum Gasteiger partial charge on any atom is 0.407 e. The largest absolute Gasteiger partial charge is 0.450 e. The normalized spacial score (nSPS) is 30.2. The first-order valence-electron chi connectivity index (χ1n) is 10.1. The zero-order valence-corrected chi connectivity index (χ0v) is 16.2. The van der Waals surface area contributed by atoms with Gasteiger partial charge in [-0.05, 0) is 57.1 Å². The van der Waals surface area contributed by atoms with E-state index in [1.165, 1.54) is 5.56 Å². The molecule has 1 spiro atoms. The fourth-order valence-corrected chi connectivity index (χ4v) is 5.12. The first-order chi connectivity index (χ1) is 13.0. The molecule has 2 amide bonds. The van der Waals surface area contributed by atoms with Gasteiger partial charge in [-0.2, -0.15) is 0 Å². The van der Waals surface area contributed by atoms with Crippen LogP contribution < -0.4 is 10.6 Å². The molecule has 6 nitrogen and oxygen atoms in total. The standard InChI is InChI=1S/C21H29N3O3/c1-3-27-20(26)22-15-9-12-24(13-15)16-7-10-21(11-8-16)17-6-4-5-14(2)18(17)23-19(21)25/h4-6,15-16H,3,7-13H2,1-2H3,(H,22,26)(H,23,25)/t15-,16?,21?/m0/s1. The Hall–Kier alpha value is -2.08. The lowest BCUT2D eigenvalue weighted by Gasteiger charge is -2.39. The molecule has 0 radical (unpaired) electrons. The van der Waals surface area contributed by atoms with Gasteiger partial charge < -0.3 is 15.4 Å². The number of nitrogens with zero attached hydrogens (tertiary/aromatic N) is 1. The van der Waals surface area contributed by atoms with Crippen LogP contribution >= 0.6 is 0 Å². The number of benzene rings is 1. The number of amides is 2. The van der Waals surface area contributed by atoms with E-state index < -0.39 is 0 Å². The van der Waals surface area contributed by atoms with Gasteiger partial charge >= 0.3 is 6.09 Å². The fraction of sp³-hybridized carbons (Fsp3) is 0.619. The smallest absolute Gasteiger partial charge is 0.407 e. The molecular weight excluding hydrogens is 342 g/mol. The van der Waals surface area contributed by atoms with E-state index >= 15 is 0 Å². The minimum absolute atomic E-state index is 0.165. The molecule has 146 valence electrons. The van der Waals surface area contributed by atoms with Gasteiger partial charge in [0, 0.05) is 30.9 Å². The van der Waals surface area contributed by atoms with Crippen molar-refractivity contribution in [1.82, 2.24) is 10.2 Å². The molecule has 1 saturated carbocycles. The van der Waals surface area contributed by atoms with Gasteiger partial charge in [-0.1, -0.05) is 18.2 Å². The summed E-state index contributed by atoms with van der Waals surface area (Å²) in [5, 5.41) is 6.09. The van der Waals surface area contributed by atoms with Gasteiger partial charge in [-0.25, -0.2) is 4.79 Å². The van der Waals surface area contributed by atoms with Crippen molar-refractivity contribution in [3.05, 3.63) is 29.3 Å². The van der Waals surface area contributed by atoms with Crippen molar-refractivity contribution in [3.63, 3.8) is 0 Å². The van der Waals surface area contributed by atoms with Gasteiger partial charge in [0.25, 0.3) is 0 Å². The Balaban J connectivity index is 1.38. The van der Waals surface area contributed by atoms with Crippen LogP contribution in [0.4, 0.5) is 10.5 Å². The number of alkyl carbamates (subject to hydrolysis) is 1. The molecule has 0 unspecified atom stereocenters. The molecule has 1 aliphatic carbocycles.